The predicted molar refractivity (Wildman–Crippen MR) is 136 cm³/mol. The summed E-state index contributed by atoms with van der Waals surface area (Å²) in [6.45, 7) is 10.6. The Balaban J connectivity index is 1.26. The molecular weight excluding hydrogens is 428 g/mol. The second-order valence-corrected chi connectivity index (χ2v) is 11.7. The Bertz CT molecular complexity index is 1140. The van der Waals surface area contributed by atoms with Crippen molar-refractivity contribution in [2.24, 2.45) is 11.0 Å². The van der Waals surface area contributed by atoms with E-state index in [0.717, 1.165) is 23.8 Å². The number of nitrogens with one attached hydrogen (secondary N) is 3. The molecule has 0 spiro atoms. The van der Waals surface area contributed by atoms with Gasteiger partial charge in [-0.05, 0) is 62.3 Å². The Morgan fingerprint density at radius 2 is 2.18 bits per heavy atom. The van der Waals surface area contributed by atoms with Crippen molar-refractivity contribution in [1.29, 1.82) is 0 Å². The largest absolute Gasteiger partial charge is 0.380 e. The van der Waals surface area contributed by atoms with Gasteiger partial charge in [0.1, 0.15) is 5.82 Å². The Kier molecular flexibility index (Phi) is 4.87. The van der Waals surface area contributed by atoms with Gasteiger partial charge < -0.3 is 16.1 Å². The second kappa shape index (κ2) is 7.69. The van der Waals surface area contributed by atoms with Crippen LogP contribution in [0.1, 0.15) is 46.1 Å². The fraction of sp³-hybridized carbons (Fsp3) is 0.462. The SMILES string of the molecule is C=CC1NN=CC1C1=CNC(C2=CC3Sc4ncc(NC(C)(C)C)n4C3C=C2)C2=C1CCC2. The first kappa shape index (κ1) is 20.9. The topological polar surface area (TPSA) is 66.3 Å². The number of aromatic nitrogens is 2. The van der Waals surface area contributed by atoms with Crippen LogP contribution in [0.15, 0.2) is 75.8 Å². The summed E-state index contributed by atoms with van der Waals surface area (Å²) in [6.07, 6.45) is 18.9. The van der Waals surface area contributed by atoms with Crippen LogP contribution in [0.3, 0.4) is 0 Å². The highest BCUT2D eigenvalue weighted by atomic mass is 32.2. The Morgan fingerprint density at radius 1 is 1.30 bits per heavy atom. The first-order valence-electron chi connectivity index (χ1n) is 11.9. The van der Waals surface area contributed by atoms with Crippen LogP contribution in [0, 0.1) is 5.92 Å². The summed E-state index contributed by atoms with van der Waals surface area (Å²) < 4.78 is 2.36. The second-order valence-electron chi connectivity index (χ2n) is 10.5. The molecule has 1 aromatic rings. The maximum absolute atomic E-state index is 4.70. The third kappa shape index (κ3) is 3.48. The normalized spacial score (nSPS) is 31.9. The van der Waals surface area contributed by atoms with E-state index in [1.165, 1.54) is 23.1 Å². The minimum Gasteiger partial charge on any atom is -0.380 e. The molecule has 3 N–H and O–H groups in total. The third-order valence-corrected chi connectivity index (χ3v) is 8.34. The van der Waals surface area contributed by atoms with E-state index < -0.39 is 0 Å². The number of thioether (sulfide) groups is 1. The average Bonchev–Trinajstić information content (AvgIpc) is 3.56. The molecule has 5 unspecified atom stereocenters. The minimum atomic E-state index is 0.00446. The van der Waals surface area contributed by atoms with Crippen LogP contribution in [0.4, 0.5) is 5.82 Å². The number of imidazole rings is 1. The van der Waals surface area contributed by atoms with Crippen molar-refractivity contribution in [1.82, 2.24) is 20.3 Å². The minimum absolute atomic E-state index is 0.00446. The molecule has 33 heavy (non-hydrogen) atoms. The molecule has 5 aliphatic rings. The van der Waals surface area contributed by atoms with Crippen LogP contribution in [0.5, 0.6) is 0 Å². The van der Waals surface area contributed by atoms with E-state index in [2.05, 4.69) is 77.5 Å². The number of hydrogen-bond donors (Lipinski definition) is 3. The molecule has 0 saturated carbocycles. The molecule has 0 amide bonds. The van der Waals surface area contributed by atoms with E-state index in [0.29, 0.717) is 11.3 Å². The molecule has 6 nitrogen and oxygen atoms in total. The third-order valence-electron chi connectivity index (χ3n) is 7.14. The molecule has 172 valence electrons. The number of nitrogens with zero attached hydrogens (tertiary/aromatic N) is 3. The molecule has 4 heterocycles. The monoisotopic (exact) mass is 460 g/mol. The van der Waals surface area contributed by atoms with Crippen molar-refractivity contribution in [2.75, 3.05) is 5.32 Å². The summed E-state index contributed by atoms with van der Waals surface area (Å²) in [7, 11) is 0. The molecule has 6 rings (SSSR count). The van der Waals surface area contributed by atoms with Crippen LogP contribution in [-0.4, -0.2) is 38.6 Å². The van der Waals surface area contributed by atoms with Gasteiger partial charge in [0.05, 0.1) is 29.6 Å². The summed E-state index contributed by atoms with van der Waals surface area (Å²) in [6, 6.07) is 0.742. The lowest BCUT2D eigenvalue weighted by atomic mass is 9.81. The van der Waals surface area contributed by atoms with Gasteiger partial charge in [-0.3, -0.25) is 4.57 Å². The number of fused-ring (bicyclic) bond motifs is 3. The number of anilines is 1. The molecule has 5 atom stereocenters. The van der Waals surface area contributed by atoms with Crippen molar-refractivity contribution < 1.29 is 0 Å². The van der Waals surface area contributed by atoms with Crippen molar-refractivity contribution in [2.45, 2.75) is 74.1 Å². The van der Waals surface area contributed by atoms with E-state index in [1.54, 1.807) is 5.57 Å². The lowest BCUT2D eigenvalue weighted by Crippen LogP contribution is -2.36. The van der Waals surface area contributed by atoms with E-state index in [4.69, 9.17) is 4.98 Å². The maximum atomic E-state index is 4.70. The van der Waals surface area contributed by atoms with Crippen LogP contribution in [-0.2, 0) is 0 Å². The molecule has 7 heteroatoms. The smallest absolute Gasteiger partial charge is 0.170 e. The number of rotatable bonds is 4. The van der Waals surface area contributed by atoms with Gasteiger partial charge in [0.25, 0.3) is 0 Å². The van der Waals surface area contributed by atoms with Crippen molar-refractivity contribution in [3.63, 3.8) is 0 Å². The molecule has 1 aromatic heterocycles. The molecule has 2 aliphatic carbocycles. The number of hydrazone groups is 1. The molecule has 3 aliphatic heterocycles. The zero-order valence-corrected chi connectivity index (χ0v) is 20.3. The Labute approximate surface area is 200 Å². The zero-order chi connectivity index (χ0) is 22.7. The van der Waals surface area contributed by atoms with Gasteiger partial charge in [0.2, 0.25) is 0 Å². The van der Waals surface area contributed by atoms with Crippen LogP contribution in [0.25, 0.3) is 0 Å². The number of hydrogen-bond acceptors (Lipinski definition) is 6. The highest BCUT2D eigenvalue weighted by Gasteiger charge is 2.39. The summed E-state index contributed by atoms with van der Waals surface area (Å²) >= 11 is 1.87. The fourth-order valence-corrected chi connectivity index (χ4v) is 7.00. The van der Waals surface area contributed by atoms with Gasteiger partial charge in [0, 0.05) is 23.9 Å². The van der Waals surface area contributed by atoms with Crippen molar-refractivity contribution in [3.8, 4) is 0 Å². The van der Waals surface area contributed by atoms with Gasteiger partial charge in [-0.15, -0.1) is 6.58 Å². The molecule has 0 radical (unpaired) electrons. The number of dihydropyridines is 1. The molecule has 0 fully saturated rings. The Morgan fingerprint density at radius 3 is 3.00 bits per heavy atom. The lowest BCUT2D eigenvalue weighted by Gasteiger charge is -2.32. The van der Waals surface area contributed by atoms with E-state index in [9.17, 15) is 0 Å². The van der Waals surface area contributed by atoms with Crippen molar-refractivity contribution >= 4 is 23.8 Å². The molecule has 0 saturated heterocycles. The van der Waals surface area contributed by atoms with Gasteiger partial charge >= 0.3 is 0 Å². The van der Waals surface area contributed by atoms with E-state index in [-0.39, 0.29) is 23.5 Å². The standard InChI is InChI=1S/C26H32N6S/c1-5-20-19(13-29-31-20)18-12-27-24(17-8-6-7-16(17)18)15-9-10-21-22(11-15)33-25-28-14-23(32(21)25)30-26(2,3)4/h5,9-14,19-22,24,27,30-31H,1,6-8H2,2-4H3. The van der Waals surface area contributed by atoms with Gasteiger partial charge in [-0.2, -0.15) is 5.10 Å². The molecular formula is C26H32N6S. The summed E-state index contributed by atoms with van der Waals surface area (Å²) in [4.78, 5) is 4.70. The summed E-state index contributed by atoms with van der Waals surface area (Å²) in [5.74, 6) is 1.36. The van der Waals surface area contributed by atoms with Gasteiger partial charge in [-0.25, -0.2) is 4.98 Å². The molecule has 0 bridgehead atoms. The summed E-state index contributed by atoms with van der Waals surface area (Å²) in [5, 5.41) is 13.2. The van der Waals surface area contributed by atoms with Gasteiger partial charge in [-0.1, -0.05) is 36.1 Å². The van der Waals surface area contributed by atoms with Crippen molar-refractivity contribution in [3.05, 3.63) is 65.6 Å². The van der Waals surface area contributed by atoms with Crippen LogP contribution < -0.4 is 16.1 Å². The number of allylic oxidation sites excluding steroid dienone is 2. The highest BCUT2D eigenvalue weighted by molar-refractivity contribution is 8.00. The summed E-state index contributed by atoms with van der Waals surface area (Å²) in [5.41, 5.74) is 9.03. The van der Waals surface area contributed by atoms with Crippen LogP contribution in [0.2, 0.25) is 0 Å². The van der Waals surface area contributed by atoms with Crippen LogP contribution >= 0.6 is 11.8 Å². The zero-order valence-electron chi connectivity index (χ0n) is 19.5. The molecule has 0 aromatic carbocycles. The quantitative estimate of drug-likeness (QED) is 0.569. The van der Waals surface area contributed by atoms with Gasteiger partial charge in [0.15, 0.2) is 5.16 Å². The highest BCUT2D eigenvalue weighted by Crippen LogP contribution is 2.48. The van der Waals surface area contributed by atoms with E-state index >= 15 is 0 Å². The van der Waals surface area contributed by atoms with E-state index in [1.807, 2.05) is 30.2 Å². The predicted octanol–water partition coefficient (Wildman–Crippen LogP) is 4.70. The maximum Gasteiger partial charge on any atom is 0.170 e. The average molecular weight is 461 g/mol. The lowest BCUT2D eigenvalue weighted by molar-refractivity contribution is 0.568. The Hall–Kier alpha value is -2.67. The first-order chi connectivity index (χ1) is 15.9. The fourth-order valence-electron chi connectivity index (χ4n) is 5.74. The first-order valence-corrected chi connectivity index (χ1v) is 12.8.